The van der Waals surface area contributed by atoms with Crippen LogP contribution in [-0.2, 0) is 0 Å². The Morgan fingerprint density at radius 3 is 2.38 bits per heavy atom. The highest BCUT2D eigenvalue weighted by Gasteiger charge is 2.18. The van der Waals surface area contributed by atoms with Crippen LogP contribution in [0.5, 0.6) is 0 Å². The molecule has 0 saturated heterocycles. The third-order valence-corrected chi connectivity index (χ3v) is 2.08. The Hall–Kier alpha value is -1.71. The normalized spacial score (nSPS) is 11.0. The Morgan fingerprint density at radius 1 is 1.31 bits per heavy atom. The number of nitrogens with one attached hydrogen (secondary N) is 1. The number of nitrogens with two attached hydrogens (primary N) is 1. The monoisotopic (exact) mass is 221 g/mol. The fourth-order valence-corrected chi connectivity index (χ4v) is 1.31. The molecule has 0 bridgehead atoms. The van der Waals surface area contributed by atoms with Crippen molar-refractivity contribution in [1.29, 1.82) is 0 Å². The molecule has 3 N–H and O–H groups in total. The van der Waals surface area contributed by atoms with Gasteiger partial charge in [0.25, 0.3) is 0 Å². The minimum absolute atomic E-state index is 0.162. The molecule has 1 rings (SSSR count). The predicted octanol–water partition coefficient (Wildman–Crippen LogP) is 2.21. The van der Waals surface area contributed by atoms with Crippen molar-refractivity contribution in [3.05, 3.63) is 24.3 Å². The highest BCUT2D eigenvalue weighted by molar-refractivity contribution is 5.94. The first-order chi connectivity index (χ1) is 7.31. The average Bonchev–Trinajstić information content (AvgIpc) is 2.15. The van der Waals surface area contributed by atoms with E-state index in [0.29, 0.717) is 11.4 Å². The van der Waals surface area contributed by atoms with Gasteiger partial charge < -0.3 is 11.1 Å². The number of benzene rings is 1. The highest BCUT2D eigenvalue weighted by atomic mass is 16.2. The maximum absolute atomic E-state index is 11.9. The summed E-state index contributed by atoms with van der Waals surface area (Å²) in [6, 6.07) is 7.12. The van der Waals surface area contributed by atoms with E-state index in [4.69, 9.17) is 5.73 Å². The van der Waals surface area contributed by atoms with Gasteiger partial charge in [-0.05, 0) is 32.9 Å². The van der Waals surface area contributed by atoms with Gasteiger partial charge in [0.1, 0.15) is 0 Å². The van der Waals surface area contributed by atoms with Crippen LogP contribution in [0.2, 0.25) is 0 Å². The third kappa shape index (κ3) is 3.15. The number of urea groups is 1. The number of para-hydroxylation sites is 2. The molecule has 4 heteroatoms. The van der Waals surface area contributed by atoms with Crippen molar-refractivity contribution in [2.75, 3.05) is 17.7 Å². The minimum atomic E-state index is -0.255. The first-order valence-electron chi connectivity index (χ1n) is 5.21. The van der Waals surface area contributed by atoms with Crippen LogP contribution in [0.25, 0.3) is 0 Å². The van der Waals surface area contributed by atoms with Crippen LogP contribution in [0.1, 0.15) is 20.8 Å². The Bertz CT molecular complexity index is 382. The van der Waals surface area contributed by atoms with Crippen LogP contribution >= 0.6 is 0 Å². The van der Waals surface area contributed by atoms with Crippen molar-refractivity contribution in [3.8, 4) is 0 Å². The van der Waals surface area contributed by atoms with E-state index in [1.807, 2.05) is 39.0 Å². The molecule has 16 heavy (non-hydrogen) atoms. The van der Waals surface area contributed by atoms with Crippen molar-refractivity contribution in [2.45, 2.75) is 26.3 Å². The van der Waals surface area contributed by atoms with Gasteiger partial charge in [-0.25, -0.2) is 4.79 Å². The van der Waals surface area contributed by atoms with E-state index in [9.17, 15) is 4.79 Å². The zero-order valence-electron chi connectivity index (χ0n) is 10.2. The van der Waals surface area contributed by atoms with Crippen molar-refractivity contribution < 1.29 is 4.79 Å². The first kappa shape index (κ1) is 12.4. The second-order valence-corrected chi connectivity index (χ2v) is 4.80. The van der Waals surface area contributed by atoms with Crippen LogP contribution in [0.15, 0.2) is 24.3 Å². The van der Waals surface area contributed by atoms with E-state index in [0.717, 1.165) is 0 Å². The molecule has 0 aliphatic rings. The van der Waals surface area contributed by atoms with Gasteiger partial charge in [0, 0.05) is 12.6 Å². The molecular weight excluding hydrogens is 202 g/mol. The van der Waals surface area contributed by atoms with Crippen molar-refractivity contribution >= 4 is 17.4 Å². The third-order valence-electron chi connectivity index (χ3n) is 2.08. The molecule has 0 heterocycles. The van der Waals surface area contributed by atoms with Crippen LogP contribution in [-0.4, -0.2) is 18.6 Å². The summed E-state index contributed by atoms with van der Waals surface area (Å²) in [6.45, 7) is 5.81. The molecule has 0 unspecified atom stereocenters. The molecule has 0 atom stereocenters. The van der Waals surface area contributed by atoms with Gasteiger partial charge in [0.15, 0.2) is 0 Å². The SMILES string of the molecule is CN(C(=O)NC(C)(C)C)c1ccccc1N. The zero-order valence-corrected chi connectivity index (χ0v) is 10.2. The lowest BCUT2D eigenvalue weighted by atomic mass is 10.1. The lowest BCUT2D eigenvalue weighted by Crippen LogP contribution is -2.47. The summed E-state index contributed by atoms with van der Waals surface area (Å²) >= 11 is 0. The second-order valence-electron chi connectivity index (χ2n) is 4.80. The number of carbonyl (C=O) groups is 1. The molecule has 0 aliphatic heterocycles. The van der Waals surface area contributed by atoms with E-state index in [1.54, 1.807) is 13.1 Å². The molecule has 4 nitrogen and oxygen atoms in total. The Labute approximate surface area is 96.4 Å². The number of nitrogen functional groups attached to an aromatic ring is 1. The molecular formula is C12H19N3O. The number of amides is 2. The number of rotatable bonds is 1. The smallest absolute Gasteiger partial charge is 0.322 e. The number of hydrogen-bond acceptors (Lipinski definition) is 2. The fraction of sp³-hybridized carbons (Fsp3) is 0.417. The molecule has 0 aliphatic carbocycles. The Kier molecular flexibility index (Phi) is 3.42. The molecule has 0 aromatic heterocycles. The lowest BCUT2D eigenvalue weighted by molar-refractivity contribution is 0.239. The van der Waals surface area contributed by atoms with E-state index < -0.39 is 0 Å². The standard InChI is InChI=1S/C12H19N3O/c1-12(2,3)14-11(16)15(4)10-8-6-5-7-9(10)13/h5-8H,13H2,1-4H3,(H,14,16). The molecule has 0 radical (unpaired) electrons. The van der Waals surface area contributed by atoms with Gasteiger partial charge >= 0.3 is 6.03 Å². The summed E-state index contributed by atoms with van der Waals surface area (Å²) in [5.41, 5.74) is 6.85. The second kappa shape index (κ2) is 4.43. The van der Waals surface area contributed by atoms with E-state index in [-0.39, 0.29) is 11.6 Å². The number of nitrogens with zero attached hydrogens (tertiary/aromatic N) is 1. The summed E-state index contributed by atoms with van der Waals surface area (Å²) in [5, 5.41) is 2.88. The van der Waals surface area contributed by atoms with Crippen LogP contribution in [0, 0.1) is 0 Å². The molecule has 0 fully saturated rings. The van der Waals surface area contributed by atoms with Crippen molar-refractivity contribution in [2.24, 2.45) is 0 Å². The Balaban J connectivity index is 2.83. The molecule has 0 spiro atoms. The summed E-state index contributed by atoms with van der Waals surface area (Å²) in [5.74, 6) is 0. The van der Waals surface area contributed by atoms with E-state index in [1.165, 1.54) is 4.90 Å². The largest absolute Gasteiger partial charge is 0.397 e. The summed E-state index contributed by atoms with van der Waals surface area (Å²) in [7, 11) is 1.70. The van der Waals surface area contributed by atoms with Gasteiger partial charge in [-0.15, -0.1) is 0 Å². The van der Waals surface area contributed by atoms with Gasteiger partial charge in [-0.2, -0.15) is 0 Å². The highest BCUT2D eigenvalue weighted by Crippen LogP contribution is 2.21. The van der Waals surface area contributed by atoms with Gasteiger partial charge in [-0.3, -0.25) is 4.90 Å². The summed E-state index contributed by atoms with van der Waals surface area (Å²) in [6.07, 6.45) is 0. The number of carbonyl (C=O) groups excluding carboxylic acids is 1. The average molecular weight is 221 g/mol. The van der Waals surface area contributed by atoms with Crippen LogP contribution in [0.4, 0.5) is 16.2 Å². The van der Waals surface area contributed by atoms with Crippen molar-refractivity contribution in [3.63, 3.8) is 0 Å². The quantitative estimate of drug-likeness (QED) is 0.714. The van der Waals surface area contributed by atoms with Crippen LogP contribution < -0.4 is 16.0 Å². The van der Waals surface area contributed by atoms with E-state index in [2.05, 4.69) is 5.32 Å². The fourth-order valence-electron chi connectivity index (χ4n) is 1.31. The molecule has 1 aromatic carbocycles. The van der Waals surface area contributed by atoms with Crippen molar-refractivity contribution in [1.82, 2.24) is 5.32 Å². The molecule has 1 aromatic rings. The van der Waals surface area contributed by atoms with Gasteiger partial charge in [0.2, 0.25) is 0 Å². The summed E-state index contributed by atoms with van der Waals surface area (Å²) in [4.78, 5) is 13.4. The summed E-state index contributed by atoms with van der Waals surface area (Å²) < 4.78 is 0. The number of anilines is 2. The van der Waals surface area contributed by atoms with Crippen LogP contribution in [0.3, 0.4) is 0 Å². The predicted molar refractivity (Wildman–Crippen MR) is 67.5 cm³/mol. The molecule has 0 saturated carbocycles. The first-order valence-corrected chi connectivity index (χ1v) is 5.21. The molecule has 2 amide bonds. The van der Waals surface area contributed by atoms with E-state index >= 15 is 0 Å². The van der Waals surface area contributed by atoms with Gasteiger partial charge in [0.05, 0.1) is 11.4 Å². The zero-order chi connectivity index (χ0) is 12.3. The Morgan fingerprint density at radius 2 is 1.88 bits per heavy atom. The number of hydrogen-bond donors (Lipinski definition) is 2. The maximum atomic E-state index is 11.9. The lowest BCUT2D eigenvalue weighted by Gasteiger charge is -2.26. The molecule has 88 valence electrons. The van der Waals surface area contributed by atoms with Gasteiger partial charge in [-0.1, -0.05) is 12.1 Å². The minimum Gasteiger partial charge on any atom is -0.397 e. The topological polar surface area (TPSA) is 58.4 Å². The maximum Gasteiger partial charge on any atom is 0.322 e.